The molecule has 0 aliphatic carbocycles. The van der Waals surface area contributed by atoms with Gasteiger partial charge in [-0.15, -0.1) is 11.3 Å². The minimum atomic E-state index is -0.214. The molecule has 1 nitrogen and oxygen atoms in total. The first-order chi connectivity index (χ1) is 7.99. The molecule has 6 heteroatoms. The smallest absolute Gasteiger partial charge is 0.0888 e. The van der Waals surface area contributed by atoms with Crippen molar-refractivity contribution in [3.63, 3.8) is 0 Å². The first-order valence-corrected chi connectivity index (χ1v) is 7.80. The Morgan fingerprint density at radius 3 is 2.35 bits per heavy atom. The van der Waals surface area contributed by atoms with Gasteiger partial charge in [0.1, 0.15) is 0 Å². The number of rotatable bonds is 2. The van der Waals surface area contributed by atoms with Crippen molar-refractivity contribution in [2.75, 3.05) is 0 Å². The van der Waals surface area contributed by atoms with Gasteiger partial charge < -0.3 is 5.73 Å². The Labute approximate surface area is 130 Å². The third-order valence-corrected chi connectivity index (χ3v) is 6.06. The largest absolute Gasteiger partial charge is 0.320 e. The van der Waals surface area contributed by atoms with E-state index in [1.807, 2.05) is 24.3 Å². The van der Waals surface area contributed by atoms with Gasteiger partial charge in [0.05, 0.1) is 19.9 Å². The summed E-state index contributed by atoms with van der Waals surface area (Å²) >= 11 is 20.3. The highest BCUT2D eigenvalue weighted by molar-refractivity contribution is 9.11. The number of thiophene rings is 1. The monoisotopic (exact) mass is 413 g/mol. The SMILES string of the molecule is NC(c1ccc(Br)c(Cl)c1)c1cc(Cl)c(Br)s1. The van der Waals surface area contributed by atoms with E-state index in [2.05, 4.69) is 31.9 Å². The van der Waals surface area contributed by atoms with Gasteiger partial charge in [-0.2, -0.15) is 0 Å². The number of benzene rings is 1. The first-order valence-electron chi connectivity index (χ1n) is 4.64. The average molecular weight is 416 g/mol. The fourth-order valence-corrected chi connectivity index (χ4v) is 3.60. The summed E-state index contributed by atoms with van der Waals surface area (Å²) < 4.78 is 1.76. The van der Waals surface area contributed by atoms with E-state index in [0.29, 0.717) is 10.0 Å². The number of hydrogen-bond acceptors (Lipinski definition) is 2. The molecule has 2 aromatic rings. The molecule has 0 radical (unpaired) electrons. The third-order valence-electron chi connectivity index (χ3n) is 2.27. The molecule has 1 aromatic carbocycles. The van der Waals surface area contributed by atoms with Crippen molar-refractivity contribution in [2.24, 2.45) is 5.73 Å². The molecule has 1 aromatic heterocycles. The van der Waals surface area contributed by atoms with Crippen LogP contribution in [-0.4, -0.2) is 0 Å². The Balaban J connectivity index is 2.36. The molecule has 2 N–H and O–H groups in total. The average Bonchev–Trinajstić information content (AvgIpc) is 2.62. The zero-order valence-electron chi connectivity index (χ0n) is 8.38. The summed E-state index contributed by atoms with van der Waals surface area (Å²) in [6, 6.07) is 7.35. The lowest BCUT2D eigenvalue weighted by Gasteiger charge is -2.10. The molecule has 1 atom stereocenters. The zero-order chi connectivity index (χ0) is 12.6. The van der Waals surface area contributed by atoms with E-state index in [-0.39, 0.29) is 6.04 Å². The lowest BCUT2D eigenvalue weighted by molar-refractivity contribution is 0.893. The van der Waals surface area contributed by atoms with Gasteiger partial charge >= 0.3 is 0 Å². The van der Waals surface area contributed by atoms with Crippen LogP contribution >= 0.6 is 66.4 Å². The van der Waals surface area contributed by atoms with Crippen molar-refractivity contribution in [2.45, 2.75) is 6.04 Å². The lowest BCUT2D eigenvalue weighted by atomic mass is 10.1. The zero-order valence-corrected chi connectivity index (χ0v) is 13.9. The number of halogens is 4. The summed E-state index contributed by atoms with van der Waals surface area (Å²) in [7, 11) is 0. The van der Waals surface area contributed by atoms with Gasteiger partial charge in [0.2, 0.25) is 0 Å². The Kier molecular flexibility index (Phi) is 4.55. The van der Waals surface area contributed by atoms with Crippen LogP contribution < -0.4 is 5.73 Å². The molecule has 0 bridgehead atoms. The van der Waals surface area contributed by atoms with Crippen LogP contribution in [0.1, 0.15) is 16.5 Å². The fourth-order valence-electron chi connectivity index (χ4n) is 1.39. The minimum absolute atomic E-state index is 0.214. The quantitative estimate of drug-likeness (QED) is 0.676. The van der Waals surface area contributed by atoms with Crippen molar-refractivity contribution in [3.8, 4) is 0 Å². The predicted molar refractivity (Wildman–Crippen MR) is 82.2 cm³/mol. The second kappa shape index (κ2) is 5.59. The molecule has 17 heavy (non-hydrogen) atoms. The highest BCUT2D eigenvalue weighted by Gasteiger charge is 2.14. The molecule has 0 aliphatic heterocycles. The van der Waals surface area contributed by atoms with Gasteiger partial charge in [-0.1, -0.05) is 29.3 Å². The van der Waals surface area contributed by atoms with E-state index in [9.17, 15) is 0 Å². The van der Waals surface area contributed by atoms with Crippen molar-refractivity contribution < 1.29 is 0 Å². The summed E-state index contributed by atoms with van der Waals surface area (Å²) in [5.74, 6) is 0. The van der Waals surface area contributed by atoms with Crippen LogP contribution in [0.25, 0.3) is 0 Å². The van der Waals surface area contributed by atoms with Crippen LogP contribution in [0.4, 0.5) is 0 Å². The highest BCUT2D eigenvalue weighted by atomic mass is 79.9. The van der Waals surface area contributed by atoms with Crippen LogP contribution in [0, 0.1) is 0 Å². The topological polar surface area (TPSA) is 26.0 Å². The molecule has 0 aliphatic rings. The highest BCUT2D eigenvalue weighted by Crippen LogP contribution is 2.37. The maximum Gasteiger partial charge on any atom is 0.0888 e. The molecule has 0 saturated carbocycles. The minimum Gasteiger partial charge on any atom is -0.320 e. The van der Waals surface area contributed by atoms with Gasteiger partial charge in [-0.3, -0.25) is 0 Å². The fraction of sp³-hybridized carbons (Fsp3) is 0.0909. The normalized spacial score (nSPS) is 12.8. The Morgan fingerprint density at radius 2 is 1.82 bits per heavy atom. The van der Waals surface area contributed by atoms with Gasteiger partial charge in [0, 0.05) is 9.35 Å². The van der Waals surface area contributed by atoms with Crippen molar-refractivity contribution in [1.82, 2.24) is 0 Å². The summed E-state index contributed by atoms with van der Waals surface area (Å²) in [5.41, 5.74) is 7.14. The summed E-state index contributed by atoms with van der Waals surface area (Å²) in [6.07, 6.45) is 0. The first kappa shape index (κ1) is 13.8. The standard InChI is InChI=1S/C11H7Br2Cl2NS/c12-6-2-1-5(3-7(6)14)10(16)9-4-8(15)11(13)17-9/h1-4,10H,16H2. The Hall–Kier alpha value is 0.420. The van der Waals surface area contributed by atoms with E-state index < -0.39 is 0 Å². The maximum absolute atomic E-state index is 6.17. The third kappa shape index (κ3) is 3.06. The van der Waals surface area contributed by atoms with Crippen molar-refractivity contribution >= 4 is 66.4 Å². The van der Waals surface area contributed by atoms with E-state index in [4.69, 9.17) is 28.9 Å². The molecule has 0 saturated heterocycles. The molecule has 0 fully saturated rings. The van der Waals surface area contributed by atoms with E-state index in [0.717, 1.165) is 18.7 Å². The molecule has 1 unspecified atom stereocenters. The predicted octanol–water partition coefficient (Wildman–Crippen LogP) is 5.63. The van der Waals surface area contributed by atoms with E-state index in [1.54, 1.807) is 0 Å². The molecule has 0 spiro atoms. The number of hydrogen-bond donors (Lipinski definition) is 1. The molecule has 90 valence electrons. The summed E-state index contributed by atoms with van der Waals surface area (Å²) in [4.78, 5) is 1.00. The lowest BCUT2D eigenvalue weighted by Crippen LogP contribution is -2.09. The van der Waals surface area contributed by atoms with E-state index in [1.165, 1.54) is 11.3 Å². The van der Waals surface area contributed by atoms with Crippen LogP contribution in [0.2, 0.25) is 10.0 Å². The molecule has 0 amide bonds. The van der Waals surface area contributed by atoms with Crippen LogP contribution in [0.15, 0.2) is 32.5 Å². The van der Waals surface area contributed by atoms with Gasteiger partial charge in [-0.05, 0) is 55.6 Å². The second-order valence-electron chi connectivity index (χ2n) is 3.42. The second-order valence-corrected chi connectivity index (χ2v) is 7.49. The van der Waals surface area contributed by atoms with Gasteiger partial charge in [-0.25, -0.2) is 0 Å². The molecular formula is C11H7Br2Cl2NS. The van der Waals surface area contributed by atoms with Crippen LogP contribution in [0.5, 0.6) is 0 Å². The Morgan fingerprint density at radius 1 is 1.12 bits per heavy atom. The van der Waals surface area contributed by atoms with Gasteiger partial charge in [0.25, 0.3) is 0 Å². The summed E-state index contributed by atoms with van der Waals surface area (Å²) in [6.45, 7) is 0. The van der Waals surface area contributed by atoms with Crippen molar-refractivity contribution in [3.05, 3.63) is 53.0 Å². The molecular weight excluding hydrogens is 409 g/mol. The summed E-state index contributed by atoms with van der Waals surface area (Å²) in [5, 5.41) is 1.34. The van der Waals surface area contributed by atoms with Gasteiger partial charge in [0.15, 0.2) is 0 Å². The maximum atomic E-state index is 6.17. The number of nitrogens with two attached hydrogens (primary N) is 1. The van der Waals surface area contributed by atoms with Crippen LogP contribution in [-0.2, 0) is 0 Å². The van der Waals surface area contributed by atoms with Crippen molar-refractivity contribution in [1.29, 1.82) is 0 Å². The molecule has 1 heterocycles. The van der Waals surface area contributed by atoms with E-state index >= 15 is 0 Å². The molecule has 2 rings (SSSR count). The Bertz CT molecular complexity index is 537. The van der Waals surface area contributed by atoms with Crippen LogP contribution in [0.3, 0.4) is 0 Å².